The van der Waals surface area contributed by atoms with Crippen molar-refractivity contribution < 1.29 is 29.7 Å². The van der Waals surface area contributed by atoms with Crippen LogP contribution in [0.4, 0.5) is 0 Å². The molecule has 0 aromatic heterocycles. The standard InChI is InChI=1S/3C20H40O2.Al.3H/c3*1-2-3-4-5-6-7-8-9-10-11-12-13-14-15-16-17-18-19-20(21)22;;;;/h3*2-19H2,1H3,(H,21,22);;;;/p-3. The summed E-state index contributed by atoms with van der Waals surface area (Å²) < 4.78 is 0. The van der Waals surface area contributed by atoms with Gasteiger partial charge in [-0.2, -0.15) is 0 Å². The third-order valence-corrected chi connectivity index (χ3v) is 13.5. The third kappa shape index (κ3) is 82.2. The highest BCUT2D eigenvalue weighted by Gasteiger charge is 1.98. The largest absolute Gasteiger partial charge is 0.550 e. The quantitative estimate of drug-likeness (QED) is 0.0442. The Balaban J connectivity index is -0.000000441. The van der Waals surface area contributed by atoms with Crippen molar-refractivity contribution in [2.75, 3.05) is 0 Å². The van der Waals surface area contributed by atoms with Crippen molar-refractivity contribution in [3.05, 3.63) is 0 Å². The molecule has 0 aliphatic rings. The van der Waals surface area contributed by atoms with Gasteiger partial charge in [0.1, 0.15) is 0 Å². The molecule has 0 aliphatic heterocycles. The lowest BCUT2D eigenvalue weighted by Gasteiger charge is -2.04. The monoisotopic (exact) mass is 964 g/mol. The molecule has 67 heavy (non-hydrogen) atoms. The van der Waals surface area contributed by atoms with Crippen LogP contribution in [0.3, 0.4) is 0 Å². The van der Waals surface area contributed by atoms with Crippen LogP contribution in [-0.2, 0) is 14.4 Å². The van der Waals surface area contributed by atoms with Gasteiger partial charge < -0.3 is 29.7 Å². The van der Waals surface area contributed by atoms with E-state index >= 15 is 0 Å². The molecule has 7 heteroatoms. The first-order valence-corrected chi connectivity index (χ1v) is 29.9. The maximum absolute atomic E-state index is 10.2. The SMILES string of the molecule is CCCCCCCCCCCCCCCCCCCC(=O)[O-].CCCCCCCCCCCCCCCCCCCC(=O)[O-].CCCCCCCCCCCCCCCCCCCC(=O)[O-].[AlH3]. The number of carboxylic acids is 3. The smallest absolute Gasteiger partial charge is 0.187 e. The average molecular weight is 965 g/mol. The molecule has 0 rings (SSSR count). The molecule has 0 radical (unpaired) electrons. The highest BCUT2D eigenvalue weighted by Crippen LogP contribution is 2.17. The molecule has 0 heterocycles. The van der Waals surface area contributed by atoms with Crippen molar-refractivity contribution in [1.29, 1.82) is 0 Å². The summed E-state index contributed by atoms with van der Waals surface area (Å²) in [6, 6.07) is 0. The van der Waals surface area contributed by atoms with Gasteiger partial charge in [-0.15, -0.1) is 0 Å². The molecule has 0 amide bonds. The van der Waals surface area contributed by atoms with Crippen molar-refractivity contribution in [3.63, 3.8) is 0 Å². The van der Waals surface area contributed by atoms with E-state index in [-0.39, 0.29) is 36.6 Å². The molecule has 402 valence electrons. The predicted molar refractivity (Wildman–Crippen MR) is 291 cm³/mol. The van der Waals surface area contributed by atoms with Gasteiger partial charge in [0, 0.05) is 17.9 Å². The van der Waals surface area contributed by atoms with E-state index in [4.69, 9.17) is 0 Å². The van der Waals surface area contributed by atoms with Crippen LogP contribution in [0, 0.1) is 0 Å². The molecule has 0 aromatic carbocycles. The Labute approximate surface area is 430 Å². The lowest BCUT2D eigenvalue weighted by atomic mass is 10.0. The molecule has 0 spiro atoms. The van der Waals surface area contributed by atoms with E-state index in [9.17, 15) is 29.7 Å². The number of carboxylic acid groups (broad SMARTS) is 3. The van der Waals surface area contributed by atoms with Crippen LogP contribution in [0.1, 0.15) is 367 Å². The van der Waals surface area contributed by atoms with Crippen LogP contribution >= 0.6 is 0 Å². The zero-order valence-electron chi connectivity index (χ0n) is 45.1. The second kappa shape index (κ2) is 69.2. The zero-order valence-corrected chi connectivity index (χ0v) is 45.1. The van der Waals surface area contributed by atoms with Gasteiger partial charge in [-0.1, -0.05) is 329 Å². The fourth-order valence-electron chi connectivity index (χ4n) is 8.98. The third-order valence-electron chi connectivity index (χ3n) is 13.5. The molecule has 0 aromatic rings. The molecule has 0 unspecified atom stereocenters. The van der Waals surface area contributed by atoms with Crippen molar-refractivity contribution in [2.24, 2.45) is 0 Å². The topological polar surface area (TPSA) is 120 Å². The first-order valence-electron chi connectivity index (χ1n) is 29.9. The normalized spacial score (nSPS) is 10.8. The van der Waals surface area contributed by atoms with Gasteiger partial charge >= 0.3 is 0 Å². The molecule has 0 fully saturated rings. The summed E-state index contributed by atoms with van der Waals surface area (Å²) in [7, 11) is 0. The second-order valence-corrected chi connectivity index (χ2v) is 20.3. The van der Waals surface area contributed by atoms with Gasteiger partial charge in [-0.3, -0.25) is 0 Å². The van der Waals surface area contributed by atoms with Gasteiger partial charge in [0.25, 0.3) is 0 Å². The van der Waals surface area contributed by atoms with Crippen molar-refractivity contribution in [2.45, 2.75) is 367 Å². The summed E-state index contributed by atoms with van der Waals surface area (Å²) in [6.45, 7) is 6.82. The number of carbonyl (C=O) groups is 3. The number of rotatable bonds is 54. The fourth-order valence-corrected chi connectivity index (χ4v) is 8.98. The zero-order chi connectivity index (χ0) is 48.9. The summed E-state index contributed by atoms with van der Waals surface area (Å²) in [6.07, 6.45) is 68.4. The molecule has 0 N–H and O–H groups in total. The van der Waals surface area contributed by atoms with Crippen molar-refractivity contribution in [1.82, 2.24) is 0 Å². The molecular weight excluding hydrogens is 844 g/mol. The van der Waals surface area contributed by atoms with Crippen LogP contribution in [0.15, 0.2) is 0 Å². The molecule has 6 nitrogen and oxygen atoms in total. The van der Waals surface area contributed by atoms with E-state index in [0.717, 1.165) is 38.5 Å². The molecule has 0 atom stereocenters. The van der Waals surface area contributed by atoms with Crippen LogP contribution in [0.2, 0.25) is 0 Å². The van der Waals surface area contributed by atoms with Crippen molar-refractivity contribution >= 4 is 35.3 Å². The summed E-state index contributed by atoms with van der Waals surface area (Å²) in [4.78, 5) is 30.7. The first-order chi connectivity index (χ1) is 32.3. The summed E-state index contributed by atoms with van der Waals surface area (Å²) in [5.41, 5.74) is 0. The maximum Gasteiger partial charge on any atom is 0.187 e. The fraction of sp³-hybridized carbons (Fsp3) is 0.950. The van der Waals surface area contributed by atoms with E-state index < -0.39 is 17.9 Å². The van der Waals surface area contributed by atoms with Gasteiger partial charge in [0.15, 0.2) is 17.4 Å². The number of unbranched alkanes of at least 4 members (excludes halogenated alkanes) is 48. The lowest BCUT2D eigenvalue weighted by Crippen LogP contribution is -2.21. The number of aliphatic carboxylic acids is 3. The van der Waals surface area contributed by atoms with Gasteiger partial charge in [-0.05, 0) is 38.5 Å². The van der Waals surface area contributed by atoms with Crippen LogP contribution in [-0.4, -0.2) is 35.3 Å². The molecule has 0 aliphatic carbocycles. The van der Waals surface area contributed by atoms with E-state index in [1.165, 1.54) is 289 Å². The second-order valence-electron chi connectivity index (χ2n) is 20.3. The predicted octanol–water partition coefficient (Wildman–Crippen LogP) is 16.2. The summed E-state index contributed by atoms with van der Waals surface area (Å²) in [5, 5.41) is 30.7. The lowest BCUT2D eigenvalue weighted by molar-refractivity contribution is -0.307. The van der Waals surface area contributed by atoms with E-state index in [1.54, 1.807) is 0 Å². The van der Waals surface area contributed by atoms with Crippen LogP contribution in [0.5, 0.6) is 0 Å². The minimum atomic E-state index is -0.902. The minimum absolute atomic E-state index is 0. The van der Waals surface area contributed by atoms with E-state index in [2.05, 4.69) is 20.8 Å². The minimum Gasteiger partial charge on any atom is -0.550 e. The molecule has 0 bridgehead atoms. The van der Waals surface area contributed by atoms with Crippen LogP contribution < -0.4 is 15.3 Å². The van der Waals surface area contributed by atoms with E-state index in [0.29, 0.717) is 0 Å². The Morgan fingerprint density at radius 3 is 0.373 bits per heavy atom. The van der Waals surface area contributed by atoms with Crippen molar-refractivity contribution in [3.8, 4) is 0 Å². The Morgan fingerprint density at radius 1 is 0.194 bits per heavy atom. The molecular formula is C60H120AlO6-3. The number of hydrogen-bond acceptors (Lipinski definition) is 6. The summed E-state index contributed by atoms with van der Waals surface area (Å²) in [5.74, 6) is -2.71. The Bertz CT molecular complexity index is 799. The van der Waals surface area contributed by atoms with E-state index in [1.807, 2.05) is 0 Å². The number of carbonyl (C=O) groups excluding carboxylic acids is 3. The number of hydrogen-bond donors (Lipinski definition) is 0. The Hall–Kier alpha value is -1.06. The Kier molecular flexibility index (Phi) is 74.9. The van der Waals surface area contributed by atoms with Gasteiger partial charge in [-0.25, -0.2) is 0 Å². The highest BCUT2D eigenvalue weighted by atomic mass is 27.0. The maximum atomic E-state index is 10.2. The van der Waals surface area contributed by atoms with Gasteiger partial charge in [0.2, 0.25) is 0 Å². The highest BCUT2D eigenvalue weighted by molar-refractivity contribution is 5.75. The molecule has 0 saturated carbocycles. The Morgan fingerprint density at radius 2 is 0.284 bits per heavy atom. The molecule has 0 saturated heterocycles. The first kappa shape index (κ1) is 72.5. The average Bonchev–Trinajstić information content (AvgIpc) is 3.29. The van der Waals surface area contributed by atoms with Crippen LogP contribution in [0.25, 0.3) is 0 Å². The summed E-state index contributed by atoms with van der Waals surface area (Å²) >= 11 is 0. The van der Waals surface area contributed by atoms with Gasteiger partial charge in [0.05, 0.1) is 0 Å².